The molecule has 0 aliphatic rings. The zero-order valence-corrected chi connectivity index (χ0v) is 16.6. The van der Waals surface area contributed by atoms with Gasteiger partial charge >= 0.3 is 0 Å². The molecule has 1 amide bonds. The molecule has 3 aromatic rings. The maximum absolute atomic E-state index is 13.4. The summed E-state index contributed by atoms with van der Waals surface area (Å²) in [5.74, 6) is -0.794. The van der Waals surface area contributed by atoms with Crippen molar-refractivity contribution in [2.45, 2.75) is 18.7 Å². The zero-order chi connectivity index (χ0) is 21.2. The maximum Gasteiger partial charge on any atom is 0.272 e. The largest absolute Gasteiger partial charge is 0.272 e. The summed E-state index contributed by atoms with van der Waals surface area (Å²) in [6.45, 7) is 3.51. The van der Waals surface area contributed by atoms with E-state index in [1.54, 1.807) is 44.2 Å². The van der Waals surface area contributed by atoms with Gasteiger partial charge in [-0.05, 0) is 55.3 Å². The van der Waals surface area contributed by atoms with Crippen LogP contribution >= 0.6 is 0 Å². The predicted octanol–water partition coefficient (Wildman–Crippen LogP) is 4.25. The third-order valence-electron chi connectivity index (χ3n) is 4.37. The summed E-state index contributed by atoms with van der Waals surface area (Å²) in [6, 6.07) is 17.7. The topological polar surface area (TPSA) is 97.6 Å². The summed E-state index contributed by atoms with van der Waals surface area (Å²) < 4.78 is 27.5. The van der Waals surface area contributed by atoms with Gasteiger partial charge in [-0.2, -0.15) is 4.31 Å². The molecule has 0 heterocycles. The van der Waals surface area contributed by atoms with Gasteiger partial charge in [0.2, 0.25) is 0 Å². The summed E-state index contributed by atoms with van der Waals surface area (Å²) in [6.07, 6.45) is 0. The lowest BCUT2D eigenvalue weighted by atomic mass is 10.1. The van der Waals surface area contributed by atoms with Gasteiger partial charge in [0, 0.05) is 17.7 Å². The second-order valence-electron chi connectivity index (χ2n) is 6.48. The number of nitro benzene ring substituents is 1. The standard InChI is InChI=1S/C21H18N2O5S/c1-15-8-9-16(2)20(14-15)22(29(27,28)19-6-4-3-5-7-19)21(24)17-10-12-18(13-11-17)23(25)26/h3-14H,1-2H3. The van der Waals surface area contributed by atoms with Crippen molar-refractivity contribution in [2.24, 2.45) is 0 Å². The van der Waals surface area contributed by atoms with Gasteiger partial charge in [0.1, 0.15) is 0 Å². The molecule has 0 N–H and O–H groups in total. The molecule has 0 aliphatic carbocycles. The van der Waals surface area contributed by atoms with Crippen LogP contribution < -0.4 is 4.31 Å². The van der Waals surface area contributed by atoms with Gasteiger partial charge in [-0.15, -0.1) is 0 Å². The van der Waals surface area contributed by atoms with Gasteiger partial charge in [-0.25, -0.2) is 8.42 Å². The number of nitro groups is 1. The number of sulfonamides is 1. The highest BCUT2D eigenvalue weighted by Gasteiger charge is 2.33. The third kappa shape index (κ3) is 4.02. The number of hydrogen-bond acceptors (Lipinski definition) is 5. The third-order valence-corrected chi connectivity index (χ3v) is 6.09. The van der Waals surface area contributed by atoms with E-state index < -0.39 is 20.9 Å². The Labute approximate surface area is 168 Å². The Morgan fingerprint density at radius 1 is 0.931 bits per heavy atom. The van der Waals surface area contributed by atoms with E-state index in [2.05, 4.69) is 0 Å². The lowest BCUT2D eigenvalue weighted by Gasteiger charge is -2.24. The predicted molar refractivity (Wildman–Crippen MR) is 109 cm³/mol. The fourth-order valence-electron chi connectivity index (χ4n) is 2.83. The van der Waals surface area contributed by atoms with E-state index in [9.17, 15) is 23.3 Å². The summed E-state index contributed by atoms with van der Waals surface area (Å²) in [7, 11) is -4.22. The van der Waals surface area contributed by atoms with Gasteiger partial charge in [0.25, 0.3) is 21.6 Å². The number of carbonyl (C=O) groups excluding carboxylic acids is 1. The summed E-state index contributed by atoms with van der Waals surface area (Å²) in [5, 5.41) is 10.9. The minimum atomic E-state index is -4.22. The summed E-state index contributed by atoms with van der Waals surface area (Å²) >= 11 is 0. The number of hydrogen-bond donors (Lipinski definition) is 0. The second-order valence-corrected chi connectivity index (χ2v) is 8.27. The Bertz CT molecular complexity index is 1170. The average molecular weight is 410 g/mol. The molecule has 7 nitrogen and oxygen atoms in total. The van der Waals surface area contributed by atoms with Gasteiger partial charge in [-0.3, -0.25) is 14.9 Å². The Kier molecular flexibility index (Phi) is 5.47. The van der Waals surface area contributed by atoms with Crippen LogP contribution in [0.3, 0.4) is 0 Å². The molecule has 3 aromatic carbocycles. The monoisotopic (exact) mass is 410 g/mol. The number of nitrogens with zero attached hydrogens (tertiary/aromatic N) is 2. The van der Waals surface area contributed by atoms with Crippen LogP contribution in [0.4, 0.5) is 11.4 Å². The number of anilines is 1. The molecule has 148 valence electrons. The van der Waals surface area contributed by atoms with Crippen LogP contribution in [0.5, 0.6) is 0 Å². The minimum absolute atomic E-state index is 0.0241. The van der Waals surface area contributed by atoms with Gasteiger partial charge in [0.05, 0.1) is 15.5 Å². The maximum atomic E-state index is 13.4. The molecule has 0 unspecified atom stereocenters. The van der Waals surface area contributed by atoms with Crippen molar-refractivity contribution in [1.29, 1.82) is 0 Å². The number of non-ortho nitro benzene ring substituents is 1. The first kappa shape index (κ1) is 20.2. The first-order valence-electron chi connectivity index (χ1n) is 8.68. The SMILES string of the molecule is Cc1ccc(C)c(N(C(=O)c2ccc([N+](=O)[O-])cc2)S(=O)(=O)c2ccccc2)c1. The highest BCUT2D eigenvalue weighted by molar-refractivity contribution is 7.93. The van der Waals surface area contributed by atoms with Crippen LogP contribution in [-0.4, -0.2) is 19.2 Å². The van der Waals surface area contributed by atoms with Crippen LogP contribution in [0.15, 0.2) is 77.7 Å². The number of aryl methyl sites for hydroxylation is 2. The molecule has 3 rings (SSSR count). The van der Waals surface area contributed by atoms with Crippen LogP contribution in [0, 0.1) is 24.0 Å². The van der Waals surface area contributed by atoms with E-state index in [0.29, 0.717) is 5.56 Å². The van der Waals surface area contributed by atoms with Crippen molar-refractivity contribution in [3.8, 4) is 0 Å². The Balaban J connectivity index is 2.19. The van der Waals surface area contributed by atoms with Crippen LogP contribution in [0.2, 0.25) is 0 Å². The van der Waals surface area contributed by atoms with E-state index in [1.165, 1.54) is 36.4 Å². The molecule has 0 aliphatic heterocycles. The van der Waals surface area contributed by atoms with Crippen molar-refractivity contribution in [2.75, 3.05) is 4.31 Å². The summed E-state index contributed by atoms with van der Waals surface area (Å²) in [4.78, 5) is 23.5. The molecular weight excluding hydrogens is 392 g/mol. The zero-order valence-electron chi connectivity index (χ0n) is 15.8. The lowest BCUT2D eigenvalue weighted by Crippen LogP contribution is -2.37. The molecule has 29 heavy (non-hydrogen) atoms. The molecule has 8 heteroatoms. The number of carbonyl (C=O) groups is 1. The molecular formula is C21H18N2O5S. The van der Waals surface area contributed by atoms with Crippen molar-refractivity contribution in [1.82, 2.24) is 0 Å². The fourth-order valence-corrected chi connectivity index (χ4v) is 4.32. The summed E-state index contributed by atoms with van der Waals surface area (Å²) in [5.41, 5.74) is 1.46. The van der Waals surface area contributed by atoms with Crippen LogP contribution in [-0.2, 0) is 10.0 Å². The Morgan fingerprint density at radius 2 is 1.55 bits per heavy atom. The normalized spacial score (nSPS) is 11.1. The molecule has 0 spiro atoms. The van der Waals surface area contributed by atoms with E-state index >= 15 is 0 Å². The van der Waals surface area contributed by atoms with E-state index in [1.807, 2.05) is 6.07 Å². The quantitative estimate of drug-likeness (QED) is 0.463. The molecule has 0 aromatic heterocycles. The van der Waals surface area contributed by atoms with Gasteiger partial charge in [0.15, 0.2) is 0 Å². The Hall–Kier alpha value is -3.52. The molecule has 0 radical (unpaired) electrons. The first-order valence-corrected chi connectivity index (χ1v) is 10.1. The first-order chi connectivity index (χ1) is 13.7. The molecule has 0 fully saturated rings. The van der Waals surface area contributed by atoms with Crippen molar-refractivity contribution >= 4 is 27.3 Å². The molecule has 0 saturated heterocycles. The number of amides is 1. The van der Waals surface area contributed by atoms with Crippen LogP contribution in [0.1, 0.15) is 21.5 Å². The minimum Gasteiger partial charge on any atom is -0.268 e. The van der Waals surface area contributed by atoms with Crippen molar-refractivity contribution in [3.05, 3.63) is 99.6 Å². The average Bonchev–Trinajstić information content (AvgIpc) is 2.71. The second kappa shape index (κ2) is 7.84. The van der Waals surface area contributed by atoms with E-state index in [-0.39, 0.29) is 21.8 Å². The van der Waals surface area contributed by atoms with Gasteiger partial charge < -0.3 is 0 Å². The molecule has 0 atom stereocenters. The Morgan fingerprint density at radius 3 is 2.14 bits per heavy atom. The smallest absolute Gasteiger partial charge is 0.268 e. The fraction of sp³-hybridized carbons (Fsp3) is 0.0952. The van der Waals surface area contributed by atoms with Crippen molar-refractivity contribution in [3.63, 3.8) is 0 Å². The molecule has 0 bridgehead atoms. The number of rotatable bonds is 5. The van der Waals surface area contributed by atoms with Crippen molar-refractivity contribution < 1.29 is 18.1 Å². The highest BCUT2D eigenvalue weighted by atomic mass is 32.2. The lowest BCUT2D eigenvalue weighted by molar-refractivity contribution is -0.384. The number of benzene rings is 3. The van der Waals surface area contributed by atoms with Crippen LogP contribution in [0.25, 0.3) is 0 Å². The highest BCUT2D eigenvalue weighted by Crippen LogP contribution is 2.30. The van der Waals surface area contributed by atoms with E-state index in [0.717, 1.165) is 9.87 Å². The van der Waals surface area contributed by atoms with E-state index in [4.69, 9.17) is 0 Å². The van der Waals surface area contributed by atoms with Gasteiger partial charge in [-0.1, -0.05) is 30.3 Å². The molecule has 0 saturated carbocycles.